The normalized spacial score (nSPS) is 12.7. The van der Waals surface area contributed by atoms with Crippen LogP contribution in [0.5, 0.6) is 0 Å². The zero-order chi connectivity index (χ0) is 47.2. The minimum atomic E-state index is -0.818. The van der Waals surface area contributed by atoms with Crippen LogP contribution in [-0.2, 0) is 28.6 Å². The summed E-state index contributed by atoms with van der Waals surface area (Å²) in [5.74, 6) is -0.996. The molecule has 0 rings (SSSR count). The van der Waals surface area contributed by atoms with Gasteiger partial charge in [-0.15, -0.1) is 0 Å². The third-order valence-electron chi connectivity index (χ3n) is 11.4. The Balaban J connectivity index is 4.47. The molecule has 0 spiro atoms. The molecule has 0 aliphatic carbocycles. The minimum Gasteiger partial charge on any atom is -0.462 e. The van der Waals surface area contributed by atoms with E-state index in [9.17, 15) is 14.4 Å². The van der Waals surface area contributed by atoms with Crippen LogP contribution in [0.3, 0.4) is 0 Å². The summed E-state index contributed by atoms with van der Waals surface area (Å²) in [4.78, 5) is 38.0. The Hall–Kier alpha value is -3.41. The smallest absolute Gasteiger partial charge is 0.306 e. The van der Waals surface area contributed by atoms with Crippen LogP contribution in [0, 0.1) is 0 Å². The molecule has 0 saturated heterocycles. The molecule has 0 aliphatic heterocycles. The summed E-state index contributed by atoms with van der Waals surface area (Å²) in [5, 5.41) is 0. The highest BCUT2D eigenvalue weighted by molar-refractivity contribution is 5.71. The first kappa shape index (κ1) is 61.6. The molecule has 65 heavy (non-hydrogen) atoms. The Morgan fingerprint density at radius 1 is 0.323 bits per heavy atom. The van der Waals surface area contributed by atoms with Gasteiger partial charge in [0, 0.05) is 19.3 Å². The van der Waals surface area contributed by atoms with E-state index in [0.717, 1.165) is 89.9 Å². The summed E-state index contributed by atoms with van der Waals surface area (Å²) in [5.41, 5.74) is 0. The van der Waals surface area contributed by atoms with Crippen molar-refractivity contribution in [2.45, 2.75) is 258 Å². The minimum absolute atomic E-state index is 0.107. The number of hydrogen-bond donors (Lipinski definition) is 0. The molecule has 1 atom stereocenters. The summed E-state index contributed by atoms with van der Waals surface area (Å²) >= 11 is 0. The van der Waals surface area contributed by atoms with Crippen molar-refractivity contribution < 1.29 is 28.6 Å². The second-order valence-corrected chi connectivity index (χ2v) is 17.7. The molecule has 0 radical (unpaired) electrons. The first-order chi connectivity index (χ1) is 32.0. The topological polar surface area (TPSA) is 78.9 Å². The van der Waals surface area contributed by atoms with E-state index in [4.69, 9.17) is 14.2 Å². The van der Waals surface area contributed by atoms with E-state index in [2.05, 4.69) is 93.7 Å². The van der Waals surface area contributed by atoms with Gasteiger partial charge in [0.25, 0.3) is 0 Å². The van der Waals surface area contributed by atoms with E-state index >= 15 is 0 Å². The number of esters is 3. The Kier molecular flexibility index (Phi) is 50.4. The predicted octanol–water partition coefficient (Wildman–Crippen LogP) is 18.0. The lowest BCUT2D eigenvalue weighted by Gasteiger charge is -2.18. The van der Waals surface area contributed by atoms with E-state index in [1.54, 1.807) is 0 Å². The molecule has 0 aliphatic rings. The van der Waals surface area contributed by atoms with Gasteiger partial charge >= 0.3 is 17.9 Å². The molecular formula is C59H100O6. The van der Waals surface area contributed by atoms with Crippen molar-refractivity contribution in [2.24, 2.45) is 0 Å². The van der Waals surface area contributed by atoms with Gasteiger partial charge in [0.15, 0.2) is 6.10 Å². The zero-order valence-corrected chi connectivity index (χ0v) is 42.5. The molecule has 0 aromatic carbocycles. The number of carbonyl (C=O) groups excluding carboxylic acids is 3. The molecule has 6 nitrogen and oxygen atoms in total. The van der Waals surface area contributed by atoms with Crippen LogP contribution < -0.4 is 0 Å². The molecule has 0 aromatic rings. The molecule has 0 heterocycles. The molecule has 372 valence electrons. The largest absolute Gasteiger partial charge is 0.462 e. The number of allylic oxidation sites excluding steroid dienone is 14. The molecule has 0 bridgehead atoms. The molecule has 0 fully saturated rings. The molecule has 1 unspecified atom stereocenters. The number of ether oxygens (including phenoxy) is 3. The first-order valence-electron chi connectivity index (χ1n) is 27.1. The maximum Gasteiger partial charge on any atom is 0.306 e. The van der Waals surface area contributed by atoms with Crippen molar-refractivity contribution in [3.63, 3.8) is 0 Å². The third kappa shape index (κ3) is 51.4. The van der Waals surface area contributed by atoms with Gasteiger partial charge in [-0.1, -0.05) is 241 Å². The molecule has 0 saturated carbocycles. The Labute approximate surface area is 401 Å². The van der Waals surface area contributed by atoms with Crippen LogP contribution >= 0.6 is 0 Å². The van der Waals surface area contributed by atoms with Gasteiger partial charge in [-0.25, -0.2) is 0 Å². The monoisotopic (exact) mass is 905 g/mol. The van der Waals surface area contributed by atoms with Crippen molar-refractivity contribution >= 4 is 17.9 Å². The number of unbranched alkanes of at least 4 members (excludes halogenated alkanes) is 23. The molecule has 0 aromatic heterocycles. The number of hydrogen-bond acceptors (Lipinski definition) is 6. The van der Waals surface area contributed by atoms with E-state index in [0.29, 0.717) is 19.3 Å². The van der Waals surface area contributed by atoms with E-state index in [1.165, 1.54) is 116 Å². The van der Waals surface area contributed by atoms with Gasteiger partial charge in [0.1, 0.15) is 13.2 Å². The zero-order valence-electron chi connectivity index (χ0n) is 42.5. The lowest BCUT2D eigenvalue weighted by molar-refractivity contribution is -0.166. The van der Waals surface area contributed by atoms with Crippen molar-refractivity contribution in [2.75, 3.05) is 13.2 Å². The maximum atomic E-state index is 12.8. The SMILES string of the molecule is CC/C=C\C/C=C\C/C=C\C/C=C\C/C=C\CCC(=O)OC(COC(=O)CCCCCCCCC/C=C\C/C=C\CC)COC(=O)CCCCCCCCCCCCCCCCCCC. The summed E-state index contributed by atoms with van der Waals surface area (Å²) in [6, 6.07) is 0. The van der Waals surface area contributed by atoms with E-state index in [-0.39, 0.29) is 31.6 Å². The van der Waals surface area contributed by atoms with Crippen molar-refractivity contribution in [1.82, 2.24) is 0 Å². The van der Waals surface area contributed by atoms with Gasteiger partial charge in [0.2, 0.25) is 0 Å². The van der Waals surface area contributed by atoms with Crippen LogP contribution in [0.15, 0.2) is 85.1 Å². The summed E-state index contributed by atoms with van der Waals surface area (Å²) in [6.45, 7) is 6.36. The van der Waals surface area contributed by atoms with E-state index < -0.39 is 12.1 Å². The summed E-state index contributed by atoms with van der Waals surface area (Å²) in [7, 11) is 0. The quantitative estimate of drug-likeness (QED) is 0.0262. The predicted molar refractivity (Wildman–Crippen MR) is 279 cm³/mol. The Morgan fingerprint density at radius 3 is 1.00 bits per heavy atom. The van der Waals surface area contributed by atoms with Crippen LogP contribution in [0.4, 0.5) is 0 Å². The maximum absolute atomic E-state index is 12.8. The summed E-state index contributed by atoms with van der Waals surface area (Å²) < 4.78 is 16.8. The average molecular weight is 905 g/mol. The van der Waals surface area contributed by atoms with Crippen LogP contribution in [0.2, 0.25) is 0 Å². The van der Waals surface area contributed by atoms with Gasteiger partial charge in [-0.2, -0.15) is 0 Å². The number of carbonyl (C=O) groups is 3. The average Bonchev–Trinajstić information content (AvgIpc) is 3.30. The van der Waals surface area contributed by atoms with Crippen molar-refractivity contribution in [1.29, 1.82) is 0 Å². The lowest BCUT2D eigenvalue weighted by Crippen LogP contribution is -2.30. The summed E-state index contributed by atoms with van der Waals surface area (Å²) in [6.07, 6.45) is 68.7. The molecule has 0 N–H and O–H groups in total. The fraction of sp³-hybridized carbons (Fsp3) is 0.712. The standard InChI is InChI=1S/C59H100O6/c1-4-7-10-13-16-19-22-25-28-30-32-34-37-40-43-46-49-52-58(61)64-55-56(54-63-57(60)51-48-45-42-39-36-33-27-24-21-18-15-12-9-6-3)65-59(62)53-50-47-44-41-38-35-31-29-26-23-20-17-14-11-8-5-2/h8-9,11-12,17-18,20-21,26,29,35,38,44,47,56H,4-7,10,13-16,19,22-25,27-28,30-34,36-37,39-43,45-46,48-55H2,1-3H3/b11-8-,12-9-,20-17-,21-18-,29-26-,38-35-,47-44-. The Bertz CT molecular complexity index is 1270. The highest BCUT2D eigenvalue weighted by atomic mass is 16.6. The molecule has 0 amide bonds. The van der Waals surface area contributed by atoms with Crippen molar-refractivity contribution in [3.8, 4) is 0 Å². The number of rotatable bonds is 48. The molecule has 6 heteroatoms. The first-order valence-corrected chi connectivity index (χ1v) is 27.1. The second kappa shape index (κ2) is 53.2. The highest BCUT2D eigenvalue weighted by Gasteiger charge is 2.19. The Morgan fingerprint density at radius 2 is 0.631 bits per heavy atom. The fourth-order valence-corrected chi connectivity index (χ4v) is 7.41. The van der Waals surface area contributed by atoms with Gasteiger partial charge in [0.05, 0.1) is 0 Å². The van der Waals surface area contributed by atoms with Gasteiger partial charge in [-0.3, -0.25) is 14.4 Å². The van der Waals surface area contributed by atoms with Crippen LogP contribution in [0.1, 0.15) is 252 Å². The molecular weight excluding hydrogens is 805 g/mol. The van der Waals surface area contributed by atoms with Crippen LogP contribution in [-0.4, -0.2) is 37.2 Å². The van der Waals surface area contributed by atoms with Crippen molar-refractivity contribution in [3.05, 3.63) is 85.1 Å². The highest BCUT2D eigenvalue weighted by Crippen LogP contribution is 2.15. The lowest BCUT2D eigenvalue weighted by atomic mass is 10.0. The second-order valence-electron chi connectivity index (χ2n) is 17.7. The third-order valence-corrected chi connectivity index (χ3v) is 11.4. The van der Waals surface area contributed by atoms with Crippen LogP contribution in [0.25, 0.3) is 0 Å². The van der Waals surface area contributed by atoms with Gasteiger partial charge < -0.3 is 14.2 Å². The fourth-order valence-electron chi connectivity index (χ4n) is 7.41. The van der Waals surface area contributed by atoms with Gasteiger partial charge in [-0.05, 0) is 77.0 Å². The van der Waals surface area contributed by atoms with E-state index in [1.807, 2.05) is 12.2 Å².